The fourth-order valence-corrected chi connectivity index (χ4v) is 4.45. The van der Waals surface area contributed by atoms with Crippen molar-refractivity contribution in [2.75, 3.05) is 6.54 Å². The van der Waals surface area contributed by atoms with E-state index in [0.717, 1.165) is 18.7 Å². The predicted octanol–water partition coefficient (Wildman–Crippen LogP) is 3.59. The van der Waals surface area contributed by atoms with Gasteiger partial charge < -0.3 is 5.32 Å². The summed E-state index contributed by atoms with van der Waals surface area (Å²) in [4.78, 5) is 1.41. The zero-order valence-electron chi connectivity index (χ0n) is 11.1. The summed E-state index contributed by atoms with van der Waals surface area (Å²) >= 11 is 3.71. The van der Waals surface area contributed by atoms with Crippen LogP contribution < -0.4 is 5.32 Å². The molecule has 3 heterocycles. The van der Waals surface area contributed by atoms with E-state index in [4.69, 9.17) is 0 Å². The van der Waals surface area contributed by atoms with Crippen molar-refractivity contribution in [2.45, 2.75) is 19.4 Å². The molecule has 19 heavy (non-hydrogen) atoms. The van der Waals surface area contributed by atoms with E-state index < -0.39 is 0 Å². The summed E-state index contributed by atoms with van der Waals surface area (Å²) in [5, 5.41) is 10.2. The van der Waals surface area contributed by atoms with Crippen molar-refractivity contribution in [1.29, 1.82) is 0 Å². The van der Waals surface area contributed by atoms with E-state index in [0.29, 0.717) is 6.04 Å². The molecule has 3 aromatic rings. The van der Waals surface area contributed by atoms with Gasteiger partial charge in [-0.3, -0.25) is 4.68 Å². The molecule has 3 aromatic heterocycles. The summed E-state index contributed by atoms with van der Waals surface area (Å²) in [6.45, 7) is 3.13. The average Bonchev–Trinajstić information content (AvgIpc) is 3.03. The van der Waals surface area contributed by atoms with Gasteiger partial charge in [0.15, 0.2) is 0 Å². The summed E-state index contributed by atoms with van der Waals surface area (Å²) in [6, 6.07) is 6.99. The minimum Gasteiger partial charge on any atom is -0.309 e. The molecule has 100 valence electrons. The largest absolute Gasteiger partial charge is 0.309 e. The molecule has 3 nitrogen and oxygen atoms in total. The van der Waals surface area contributed by atoms with Crippen molar-refractivity contribution < 1.29 is 0 Å². The number of aryl methyl sites for hydroxylation is 1. The molecule has 0 aromatic carbocycles. The molecule has 0 radical (unpaired) electrons. The van der Waals surface area contributed by atoms with Crippen molar-refractivity contribution in [3.05, 3.63) is 40.3 Å². The lowest BCUT2D eigenvalue weighted by Gasteiger charge is -2.14. The Morgan fingerprint density at radius 2 is 2.26 bits per heavy atom. The molecule has 0 fully saturated rings. The first-order valence-electron chi connectivity index (χ1n) is 6.45. The van der Waals surface area contributed by atoms with Crippen molar-refractivity contribution in [3.63, 3.8) is 0 Å². The first-order valence-corrected chi connectivity index (χ1v) is 8.14. The number of thiophene rings is 2. The topological polar surface area (TPSA) is 29.9 Å². The van der Waals surface area contributed by atoms with E-state index in [1.165, 1.54) is 14.3 Å². The lowest BCUT2D eigenvalue weighted by atomic mass is 10.1. The second kappa shape index (κ2) is 5.45. The van der Waals surface area contributed by atoms with Crippen LogP contribution in [-0.2, 0) is 13.5 Å². The second-order valence-electron chi connectivity index (χ2n) is 4.59. The molecule has 0 amide bonds. The van der Waals surface area contributed by atoms with Gasteiger partial charge in [-0.05, 0) is 30.1 Å². The van der Waals surface area contributed by atoms with Gasteiger partial charge in [-0.25, -0.2) is 0 Å². The molecular formula is C14H17N3S2. The Bertz CT molecular complexity index is 636. The van der Waals surface area contributed by atoms with Crippen molar-refractivity contribution in [3.8, 4) is 0 Å². The Labute approximate surface area is 120 Å². The molecule has 5 heteroatoms. The van der Waals surface area contributed by atoms with Crippen LogP contribution in [0.3, 0.4) is 0 Å². The number of hydrogen-bond donors (Lipinski definition) is 1. The monoisotopic (exact) mass is 291 g/mol. The van der Waals surface area contributed by atoms with Crippen LogP contribution in [0, 0.1) is 0 Å². The maximum atomic E-state index is 4.48. The van der Waals surface area contributed by atoms with Gasteiger partial charge in [-0.2, -0.15) is 5.10 Å². The summed E-state index contributed by atoms with van der Waals surface area (Å²) in [6.07, 6.45) is 2.95. The van der Waals surface area contributed by atoms with Crippen molar-refractivity contribution in [2.24, 2.45) is 7.05 Å². The van der Waals surface area contributed by atoms with Crippen LogP contribution in [0.15, 0.2) is 29.8 Å². The van der Waals surface area contributed by atoms with Crippen LogP contribution in [0.4, 0.5) is 0 Å². The third kappa shape index (κ3) is 2.73. The summed E-state index contributed by atoms with van der Waals surface area (Å²) < 4.78 is 4.65. The zero-order valence-corrected chi connectivity index (χ0v) is 12.7. The van der Waals surface area contributed by atoms with Crippen LogP contribution in [0.5, 0.6) is 0 Å². The molecule has 0 saturated heterocycles. The molecular weight excluding hydrogens is 274 g/mol. The molecule has 0 aliphatic heterocycles. The van der Waals surface area contributed by atoms with Gasteiger partial charge in [0.2, 0.25) is 0 Å². The quantitative estimate of drug-likeness (QED) is 0.778. The number of nitrogens with one attached hydrogen (secondary N) is 1. The van der Waals surface area contributed by atoms with E-state index in [9.17, 15) is 0 Å². The molecule has 0 bridgehead atoms. The Morgan fingerprint density at radius 3 is 2.95 bits per heavy atom. The molecule has 1 unspecified atom stereocenters. The molecule has 3 rings (SSSR count). The highest BCUT2D eigenvalue weighted by atomic mass is 32.1. The molecule has 0 spiro atoms. The van der Waals surface area contributed by atoms with Gasteiger partial charge in [0.25, 0.3) is 0 Å². The van der Waals surface area contributed by atoms with Crippen molar-refractivity contribution >= 4 is 32.1 Å². The van der Waals surface area contributed by atoms with Gasteiger partial charge in [0.1, 0.15) is 0 Å². The number of nitrogens with zero attached hydrogens (tertiary/aromatic N) is 2. The van der Waals surface area contributed by atoms with E-state index in [1.54, 1.807) is 0 Å². The standard InChI is InChI=1S/C14H17N3S2/c1-3-15-11(8-10-4-6-17(2)16-10)13-9-14-12(19-13)5-7-18-14/h4-7,9,11,15H,3,8H2,1-2H3. The van der Waals surface area contributed by atoms with Gasteiger partial charge in [-0.15, -0.1) is 22.7 Å². The minimum atomic E-state index is 0.365. The lowest BCUT2D eigenvalue weighted by Crippen LogP contribution is -2.22. The second-order valence-corrected chi connectivity index (χ2v) is 6.66. The number of fused-ring (bicyclic) bond motifs is 1. The Balaban J connectivity index is 1.85. The van der Waals surface area contributed by atoms with Gasteiger partial charge in [-0.1, -0.05) is 6.92 Å². The highest BCUT2D eigenvalue weighted by Crippen LogP contribution is 2.34. The normalized spacial score (nSPS) is 13.2. The summed E-state index contributed by atoms with van der Waals surface area (Å²) in [7, 11) is 1.97. The fraction of sp³-hybridized carbons (Fsp3) is 0.357. The Kier molecular flexibility index (Phi) is 3.68. The van der Waals surface area contributed by atoms with Gasteiger partial charge in [0, 0.05) is 40.0 Å². The Morgan fingerprint density at radius 1 is 1.37 bits per heavy atom. The highest BCUT2D eigenvalue weighted by Gasteiger charge is 2.16. The zero-order chi connectivity index (χ0) is 13.2. The van der Waals surface area contributed by atoms with Crippen LogP contribution in [0.25, 0.3) is 9.40 Å². The SMILES string of the molecule is CCNC(Cc1ccn(C)n1)c1cc2sccc2s1. The van der Waals surface area contributed by atoms with Crippen LogP contribution >= 0.6 is 22.7 Å². The molecule has 1 atom stereocenters. The first-order chi connectivity index (χ1) is 9.26. The minimum absolute atomic E-state index is 0.365. The number of likely N-dealkylation sites (N-methyl/N-ethyl adjacent to an activating group) is 1. The number of rotatable bonds is 5. The average molecular weight is 291 g/mol. The third-order valence-electron chi connectivity index (χ3n) is 3.13. The van der Waals surface area contributed by atoms with E-state index in [1.807, 2.05) is 40.6 Å². The van der Waals surface area contributed by atoms with E-state index in [2.05, 4.69) is 40.9 Å². The van der Waals surface area contributed by atoms with Gasteiger partial charge in [0.05, 0.1) is 5.69 Å². The first kappa shape index (κ1) is 12.8. The molecule has 0 aliphatic carbocycles. The maximum absolute atomic E-state index is 4.48. The van der Waals surface area contributed by atoms with Crippen LogP contribution in [0.2, 0.25) is 0 Å². The van der Waals surface area contributed by atoms with E-state index >= 15 is 0 Å². The lowest BCUT2D eigenvalue weighted by molar-refractivity contribution is 0.548. The summed E-state index contributed by atoms with van der Waals surface area (Å²) in [5.41, 5.74) is 1.14. The molecule has 0 saturated carbocycles. The summed E-state index contributed by atoms with van der Waals surface area (Å²) in [5.74, 6) is 0. The number of hydrogen-bond acceptors (Lipinski definition) is 4. The van der Waals surface area contributed by atoms with Crippen LogP contribution in [0.1, 0.15) is 23.5 Å². The molecule has 0 aliphatic rings. The van der Waals surface area contributed by atoms with Gasteiger partial charge >= 0.3 is 0 Å². The van der Waals surface area contributed by atoms with Crippen molar-refractivity contribution in [1.82, 2.24) is 15.1 Å². The fourth-order valence-electron chi connectivity index (χ4n) is 2.26. The predicted molar refractivity (Wildman–Crippen MR) is 83.0 cm³/mol. The van der Waals surface area contributed by atoms with E-state index in [-0.39, 0.29) is 0 Å². The Hall–Kier alpha value is -1.17. The smallest absolute Gasteiger partial charge is 0.0643 e. The third-order valence-corrected chi connectivity index (χ3v) is 5.34. The van der Waals surface area contributed by atoms with Crippen LogP contribution in [-0.4, -0.2) is 16.3 Å². The highest BCUT2D eigenvalue weighted by molar-refractivity contribution is 7.26. The number of aromatic nitrogens is 2. The maximum Gasteiger partial charge on any atom is 0.0643 e. The molecule has 1 N–H and O–H groups in total.